The molecule has 2 aliphatic heterocycles. The van der Waals surface area contributed by atoms with Crippen molar-refractivity contribution in [2.24, 2.45) is 0 Å². The topological polar surface area (TPSA) is 112 Å². The molecule has 1 fully saturated rings. The summed E-state index contributed by atoms with van der Waals surface area (Å²) in [6.07, 6.45) is 0. The quantitative estimate of drug-likeness (QED) is 0.334. The van der Waals surface area contributed by atoms with Gasteiger partial charge in [0.1, 0.15) is 11.1 Å². The third-order valence-electron chi connectivity index (χ3n) is 4.14. The fourth-order valence-corrected chi connectivity index (χ4v) is 3.09. The summed E-state index contributed by atoms with van der Waals surface area (Å²) in [6, 6.07) is 0. The van der Waals surface area contributed by atoms with E-state index in [2.05, 4.69) is 9.47 Å². The first-order valence-electron chi connectivity index (χ1n) is 6.82. The van der Waals surface area contributed by atoms with Crippen molar-refractivity contribution in [3.63, 3.8) is 0 Å². The van der Waals surface area contributed by atoms with E-state index in [-0.39, 0.29) is 5.57 Å². The van der Waals surface area contributed by atoms with Crippen LogP contribution in [0.2, 0.25) is 0 Å². The van der Waals surface area contributed by atoms with Crippen molar-refractivity contribution >= 4 is 23.8 Å². The Morgan fingerprint density at radius 1 is 1.00 bits per heavy atom. The molecule has 0 aliphatic carbocycles. The zero-order valence-corrected chi connectivity index (χ0v) is 14.2. The van der Waals surface area contributed by atoms with Crippen molar-refractivity contribution in [2.75, 3.05) is 42.5 Å². The second-order valence-electron chi connectivity index (χ2n) is 5.37. The molecule has 2 rings (SSSR count). The van der Waals surface area contributed by atoms with Gasteiger partial charge >= 0.3 is 17.9 Å². The van der Waals surface area contributed by atoms with Gasteiger partial charge in [-0.1, -0.05) is 0 Å². The van der Waals surface area contributed by atoms with Gasteiger partial charge < -0.3 is 18.9 Å². The number of hydrogen-bond donors (Lipinski definition) is 0. The molecule has 1 saturated heterocycles. The molecule has 0 N–H and O–H groups in total. The molecule has 2 heterocycles. The van der Waals surface area contributed by atoms with E-state index in [1.54, 1.807) is 0 Å². The molecule has 132 valence electrons. The van der Waals surface area contributed by atoms with Crippen LogP contribution in [-0.4, -0.2) is 87.5 Å². The molecule has 2 bridgehead atoms. The highest BCUT2D eigenvalue weighted by molar-refractivity contribution is 6.23. The molecular weight excluding hydrogens is 324 g/mol. The molecule has 0 aromatic heterocycles. The fraction of sp³-hybridized carbons (Fsp3) is 0.571. The van der Waals surface area contributed by atoms with Gasteiger partial charge in [0.05, 0.1) is 21.3 Å². The van der Waals surface area contributed by atoms with Gasteiger partial charge in [0, 0.05) is 7.05 Å². The van der Waals surface area contributed by atoms with Gasteiger partial charge in [-0.05, 0) is 14.1 Å². The molecular formula is C14H18N2O8. The molecule has 1 amide bonds. The number of likely N-dealkylation sites (N-methyl/N-ethyl adjacent to an activating group) is 2. The minimum atomic E-state index is -2.43. The van der Waals surface area contributed by atoms with Crippen LogP contribution in [-0.2, 0) is 38.1 Å². The first kappa shape index (κ1) is 17.9. The van der Waals surface area contributed by atoms with E-state index in [0.717, 1.165) is 26.2 Å². The average molecular weight is 342 g/mol. The van der Waals surface area contributed by atoms with E-state index in [0.29, 0.717) is 0 Å². The summed E-state index contributed by atoms with van der Waals surface area (Å²) in [5.41, 5.74) is -3.28. The fourth-order valence-electron chi connectivity index (χ4n) is 3.09. The van der Waals surface area contributed by atoms with Gasteiger partial charge in [-0.3, -0.25) is 14.6 Å². The Bertz CT molecular complexity index is 670. The number of hydrogen-bond acceptors (Lipinski definition) is 9. The maximum atomic E-state index is 12.8. The maximum absolute atomic E-state index is 12.8. The van der Waals surface area contributed by atoms with Crippen molar-refractivity contribution in [3.05, 3.63) is 11.1 Å². The molecule has 0 saturated carbocycles. The van der Waals surface area contributed by atoms with Crippen LogP contribution in [0.3, 0.4) is 0 Å². The first-order chi connectivity index (χ1) is 11.2. The molecule has 24 heavy (non-hydrogen) atoms. The Morgan fingerprint density at radius 3 is 1.92 bits per heavy atom. The summed E-state index contributed by atoms with van der Waals surface area (Å²) in [7, 11) is 7.56. The van der Waals surface area contributed by atoms with Crippen LogP contribution in [0.25, 0.3) is 0 Å². The Labute approximate surface area is 137 Å². The lowest BCUT2D eigenvalue weighted by atomic mass is 9.85. The molecule has 0 unspecified atom stereocenters. The Balaban J connectivity index is 2.94. The van der Waals surface area contributed by atoms with E-state index in [1.165, 1.54) is 26.0 Å². The third kappa shape index (κ3) is 1.77. The minimum absolute atomic E-state index is 0.311. The number of esters is 3. The number of methoxy groups -OCH3 is 3. The van der Waals surface area contributed by atoms with E-state index in [4.69, 9.17) is 9.47 Å². The third-order valence-corrected chi connectivity index (χ3v) is 4.14. The lowest BCUT2D eigenvalue weighted by Crippen LogP contribution is -2.60. The monoisotopic (exact) mass is 342 g/mol. The van der Waals surface area contributed by atoms with Crippen molar-refractivity contribution in [3.8, 4) is 0 Å². The van der Waals surface area contributed by atoms with Gasteiger partial charge in [-0.15, -0.1) is 0 Å². The number of rotatable bonds is 4. The zero-order valence-electron chi connectivity index (χ0n) is 14.2. The van der Waals surface area contributed by atoms with Crippen LogP contribution in [0.4, 0.5) is 0 Å². The van der Waals surface area contributed by atoms with Crippen molar-refractivity contribution in [1.82, 2.24) is 9.80 Å². The molecule has 2 aliphatic rings. The lowest BCUT2D eigenvalue weighted by molar-refractivity contribution is -0.188. The van der Waals surface area contributed by atoms with Gasteiger partial charge in [-0.25, -0.2) is 14.4 Å². The summed E-state index contributed by atoms with van der Waals surface area (Å²) in [5.74, 6) is -5.79. The van der Waals surface area contributed by atoms with E-state index >= 15 is 0 Å². The van der Waals surface area contributed by atoms with Crippen LogP contribution >= 0.6 is 0 Å². The van der Waals surface area contributed by atoms with Crippen LogP contribution in [0, 0.1) is 0 Å². The number of ether oxygens (including phenoxy) is 4. The SMILES string of the molecule is COC(=O)C1=C(C(=O)OC)[C@]2(N(C)C)O[C@@]1(C(=O)OC)C(=O)N2C. The van der Waals surface area contributed by atoms with E-state index in [1.807, 2.05) is 0 Å². The summed E-state index contributed by atoms with van der Waals surface area (Å²) >= 11 is 0. The highest BCUT2D eigenvalue weighted by atomic mass is 16.6. The first-order valence-corrected chi connectivity index (χ1v) is 6.82. The highest BCUT2D eigenvalue weighted by Crippen LogP contribution is 2.53. The van der Waals surface area contributed by atoms with Gasteiger partial charge in [0.2, 0.25) is 5.85 Å². The largest absolute Gasteiger partial charge is 0.466 e. The van der Waals surface area contributed by atoms with Crippen LogP contribution in [0.5, 0.6) is 0 Å². The summed E-state index contributed by atoms with van der Waals surface area (Å²) in [6.45, 7) is 0. The van der Waals surface area contributed by atoms with Gasteiger partial charge in [0.15, 0.2) is 0 Å². The number of nitrogens with zero attached hydrogens (tertiary/aromatic N) is 2. The van der Waals surface area contributed by atoms with Crippen molar-refractivity contribution < 1.29 is 38.1 Å². The molecule has 0 aromatic carbocycles. The number of carbonyl (C=O) groups excluding carboxylic acids is 4. The van der Waals surface area contributed by atoms with Crippen LogP contribution in [0.1, 0.15) is 0 Å². The highest BCUT2D eigenvalue weighted by Gasteiger charge is 2.78. The normalized spacial score (nSPS) is 28.5. The summed E-state index contributed by atoms with van der Waals surface area (Å²) in [4.78, 5) is 52.3. The summed E-state index contributed by atoms with van der Waals surface area (Å²) in [5, 5.41) is 0. The van der Waals surface area contributed by atoms with Gasteiger partial charge in [0.25, 0.3) is 11.5 Å². The Hall–Kier alpha value is -2.46. The summed E-state index contributed by atoms with van der Waals surface area (Å²) < 4.78 is 19.8. The standard InChI is InChI=1S/C14H18N2O8/c1-15(2)14-8(10(18)22-5)7(9(17)21-4)13(24-14,12(20)23-6)11(19)16(14)3/h1-6H3/t13-,14-/m1/s1. The number of fused-ring (bicyclic) bond motifs is 2. The maximum Gasteiger partial charge on any atom is 0.353 e. The predicted octanol–water partition coefficient (Wildman–Crippen LogP) is -1.74. The van der Waals surface area contributed by atoms with Crippen molar-refractivity contribution in [1.29, 1.82) is 0 Å². The predicted molar refractivity (Wildman–Crippen MR) is 76.1 cm³/mol. The lowest BCUT2D eigenvalue weighted by Gasteiger charge is -2.39. The second-order valence-corrected chi connectivity index (χ2v) is 5.37. The van der Waals surface area contributed by atoms with Crippen LogP contribution < -0.4 is 0 Å². The number of carbonyl (C=O) groups is 4. The zero-order chi connectivity index (χ0) is 18.4. The van der Waals surface area contributed by atoms with E-state index in [9.17, 15) is 19.2 Å². The molecule has 0 radical (unpaired) electrons. The smallest absolute Gasteiger partial charge is 0.353 e. The second kappa shape index (κ2) is 5.56. The Kier molecular flexibility index (Phi) is 4.15. The Morgan fingerprint density at radius 2 is 1.50 bits per heavy atom. The number of amides is 1. The molecule has 2 atom stereocenters. The molecule has 0 aromatic rings. The van der Waals surface area contributed by atoms with Crippen LogP contribution in [0.15, 0.2) is 11.1 Å². The molecule has 10 heteroatoms. The minimum Gasteiger partial charge on any atom is -0.466 e. The van der Waals surface area contributed by atoms with Crippen molar-refractivity contribution in [2.45, 2.75) is 11.4 Å². The molecule has 0 spiro atoms. The van der Waals surface area contributed by atoms with Gasteiger partial charge in [-0.2, -0.15) is 0 Å². The molecule has 10 nitrogen and oxygen atoms in total. The average Bonchev–Trinajstić information content (AvgIpc) is 3.02. The van der Waals surface area contributed by atoms with E-state index < -0.39 is 40.8 Å².